The van der Waals surface area contributed by atoms with E-state index >= 15 is 0 Å². The van der Waals surface area contributed by atoms with Crippen LogP contribution in [-0.4, -0.2) is 63.8 Å². The third-order valence-electron chi connectivity index (χ3n) is 7.33. The second-order valence-electron chi connectivity index (χ2n) is 12.2. The molecule has 2 atom stereocenters. The maximum atomic E-state index is 13.6. The number of nitrogens with zero attached hydrogens (tertiary/aromatic N) is 2. The number of amides is 3. The van der Waals surface area contributed by atoms with Gasteiger partial charge in [0.15, 0.2) is 0 Å². The van der Waals surface area contributed by atoms with Crippen molar-refractivity contribution in [3.63, 3.8) is 0 Å². The van der Waals surface area contributed by atoms with Crippen LogP contribution in [0.2, 0.25) is 0 Å². The molecule has 2 aromatic carbocycles. The Labute approximate surface area is 255 Å². The fraction of sp³-hybridized carbons (Fsp3) is 0.438. The summed E-state index contributed by atoms with van der Waals surface area (Å²) in [6, 6.07) is 16.3. The SMILES string of the molecule is CN[C@H](C(=O)NC(C(=O)N(C)C/C=C(\C)C(=O)NS(=O)(=O)Cc1ccccc1C#N)C(C)(C)C)C(C)(C)c1ccccc1. The lowest BCUT2D eigenvalue weighted by Gasteiger charge is -2.38. The highest BCUT2D eigenvalue weighted by atomic mass is 32.2. The first-order valence-electron chi connectivity index (χ1n) is 13.9. The molecule has 2 aromatic rings. The zero-order chi connectivity index (χ0) is 32.6. The highest BCUT2D eigenvalue weighted by Gasteiger charge is 2.40. The third-order valence-corrected chi connectivity index (χ3v) is 8.51. The van der Waals surface area contributed by atoms with E-state index in [4.69, 9.17) is 0 Å². The fourth-order valence-corrected chi connectivity index (χ4v) is 5.80. The average Bonchev–Trinajstić information content (AvgIpc) is 2.93. The summed E-state index contributed by atoms with van der Waals surface area (Å²) < 4.78 is 27.2. The molecule has 2 rings (SSSR count). The van der Waals surface area contributed by atoms with Gasteiger partial charge in [-0.25, -0.2) is 13.1 Å². The van der Waals surface area contributed by atoms with E-state index in [1.165, 1.54) is 30.0 Å². The van der Waals surface area contributed by atoms with Crippen molar-refractivity contribution in [2.45, 2.75) is 64.8 Å². The van der Waals surface area contributed by atoms with Crippen LogP contribution in [0.3, 0.4) is 0 Å². The maximum Gasteiger partial charge on any atom is 0.260 e. The number of hydrogen-bond donors (Lipinski definition) is 3. The van der Waals surface area contributed by atoms with Gasteiger partial charge in [-0.3, -0.25) is 14.4 Å². The van der Waals surface area contributed by atoms with Crippen molar-refractivity contribution >= 4 is 27.7 Å². The van der Waals surface area contributed by atoms with Crippen molar-refractivity contribution < 1.29 is 22.8 Å². The van der Waals surface area contributed by atoms with E-state index in [1.807, 2.05) is 75.7 Å². The van der Waals surface area contributed by atoms with Gasteiger partial charge >= 0.3 is 0 Å². The number of nitriles is 1. The molecule has 0 saturated heterocycles. The van der Waals surface area contributed by atoms with Crippen LogP contribution < -0.4 is 15.4 Å². The lowest BCUT2D eigenvalue weighted by atomic mass is 9.76. The topological polar surface area (TPSA) is 148 Å². The second-order valence-corrected chi connectivity index (χ2v) is 13.9. The number of hydrogen-bond acceptors (Lipinski definition) is 7. The van der Waals surface area contributed by atoms with Crippen LogP contribution in [0.15, 0.2) is 66.2 Å². The van der Waals surface area contributed by atoms with Gasteiger partial charge in [-0.15, -0.1) is 0 Å². The van der Waals surface area contributed by atoms with E-state index in [0.717, 1.165) is 5.56 Å². The molecule has 0 bridgehead atoms. The number of rotatable bonds is 12. The summed E-state index contributed by atoms with van der Waals surface area (Å²) in [7, 11) is -0.827. The minimum atomic E-state index is -4.08. The molecule has 1 unspecified atom stereocenters. The van der Waals surface area contributed by atoms with Crippen LogP contribution in [0.4, 0.5) is 0 Å². The molecule has 10 nitrogen and oxygen atoms in total. The molecule has 0 heterocycles. The molecule has 0 spiro atoms. The summed E-state index contributed by atoms with van der Waals surface area (Å²) in [6.45, 7) is 10.9. The normalized spacial score (nSPS) is 13.8. The van der Waals surface area contributed by atoms with Crippen molar-refractivity contribution in [1.82, 2.24) is 20.3 Å². The van der Waals surface area contributed by atoms with Crippen LogP contribution in [0, 0.1) is 16.7 Å². The second kappa shape index (κ2) is 14.4. The third kappa shape index (κ3) is 9.49. The lowest BCUT2D eigenvalue weighted by molar-refractivity contribution is -0.139. The van der Waals surface area contributed by atoms with E-state index in [9.17, 15) is 28.1 Å². The smallest absolute Gasteiger partial charge is 0.260 e. The molecule has 0 aromatic heterocycles. The first-order chi connectivity index (χ1) is 19.9. The van der Waals surface area contributed by atoms with Crippen molar-refractivity contribution in [1.29, 1.82) is 5.26 Å². The Bertz CT molecular complexity index is 1490. The quantitative estimate of drug-likeness (QED) is 0.313. The Morgan fingerprint density at radius 2 is 1.56 bits per heavy atom. The summed E-state index contributed by atoms with van der Waals surface area (Å²) in [5.74, 6) is -2.06. The summed E-state index contributed by atoms with van der Waals surface area (Å²) in [4.78, 5) is 41.2. The highest BCUT2D eigenvalue weighted by molar-refractivity contribution is 7.89. The molecule has 0 aliphatic carbocycles. The molecule has 11 heteroatoms. The van der Waals surface area contributed by atoms with Gasteiger partial charge in [0.25, 0.3) is 5.91 Å². The first kappa shape index (κ1) is 35.2. The molecule has 0 saturated carbocycles. The van der Waals surface area contributed by atoms with Gasteiger partial charge in [0.2, 0.25) is 21.8 Å². The van der Waals surface area contributed by atoms with E-state index in [-0.39, 0.29) is 35.1 Å². The van der Waals surface area contributed by atoms with Crippen LogP contribution in [-0.2, 0) is 35.6 Å². The number of nitrogens with one attached hydrogen (secondary N) is 3. The largest absolute Gasteiger partial charge is 0.342 e. The van der Waals surface area contributed by atoms with E-state index < -0.39 is 44.6 Å². The highest BCUT2D eigenvalue weighted by Crippen LogP contribution is 2.28. The lowest BCUT2D eigenvalue weighted by Crippen LogP contribution is -2.60. The Balaban J connectivity index is 2.13. The zero-order valence-corrected chi connectivity index (χ0v) is 27.0. The number of benzene rings is 2. The molecule has 3 amide bonds. The van der Waals surface area contributed by atoms with Gasteiger partial charge in [-0.2, -0.15) is 5.26 Å². The van der Waals surface area contributed by atoms with Crippen molar-refractivity contribution in [3.05, 3.63) is 82.9 Å². The van der Waals surface area contributed by atoms with Gasteiger partial charge in [0.1, 0.15) is 6.04 Å². The summed E-state index contributed by atoms with van der Waals surface area (Å²) in [6.07, 6.45) is 1.45. The Hall–Kier alpha value is -4.01. The Morgan fingerprint density at radius 3 is 2.12 bits per heavy atom. The number of sulfonamides is 1. The predicted octanol–water partition coefficient (Wildman–Crippen LogP) is 3.01. The van der Waals surface area contributed by atoms with E-state index in [2.05, 4.69) is 10.6 Å². The van der Waals surface area contributed by atoms with E-state index in [1.54, 1.807) is 26.2 Å². The van der Waals surface area contributed by atoms with Gasteiger partial charge < -0.3 is 15.5 Å². The molecule has 232 valence electrons. The number of carbonyl (C=O) groups is 3. The fourth-order valence-electron chi connectivity index (χ4n) is 4.62. The molecule has 0 fully saturated rings. The van der Waals surface area contributed by atoms with Crippen molar-refractivity contribution in [3.8, 4) is 6.07 Å². The Kier molecular flexibility index (Phi) is 11.8. The number of carbonyl (C=O) groups excluding carboxylic acids is 3. The van der Waals surface area contributed by atoms with Gasteiger partial charge in [-0.1, -0.05) is 89.2 Å². The van der Waals surface area contributed by atoms with Crippen LogP contribution in [0.25, 0.3) is 0 Å². The van der Waals surface area contributed by atoms with Crippen LogP contribution >= 0.6 is 0 Å². The van der Waals surface area contributed by atoms with Gasteiger partial charge in [0.05, 0.1) is 23.4 Å². The van der Waals surface area contributed by atoms with Crippen LogP contribution in [0.1, 0.15) is 58.2 Å². The standard InChI is InChI=1S/C32H43N5O5S/c1-22(28(38)36-43(41,42)21-24-15-13-12-14-23(24)20-33)18-19-37(8)30(40)27(31(2,3)4)35-29(39)26(34-7)32(5,6)25-16-10-9-11-17-25/h9-18,26-27,34H,19,21H2,1-8H3,(H,35,39)(H,36,38)/b22-18+/t26-,27?/m1/s1. The summed E-state index contributed by atoms with van der Waals surface area (Å²) in [5, 5.41) is 15.3. The average molecular weight is 610 g/mol. The minimum Gasteiger partial charge on any atom is -0.342 e. The Morgan fingerprint density at radius 1 is 0.977 bits per heavy atom. The van der Waals surface area contributed by atoms with Gasteiger partial charge in [0, 0.05) is 24.6 Å². The van der Waals surface area contributed by atoms with Crippen LogP contribution in [0.5, 0.6) is 0 Å². The monoisotopic (exact) mass is 609 g/mol. The summed E-state index contributed by atoms with van der Waals surface area (Å²) in [5.41, 5.74) is 0.323. The molecule has 0 aliphatic heterocycles. The maximum absolute atomic E-state index is 13.6. The molecule has 3 N–H and O–H groups in total. The van der Waals surface area contributed by atoms with Gasteiger partial charge in [-0.05, 0) is 36.6 Å². The molecule has 0 radical (unpaired) electrons. The molecular formula is C32H43N5O5S. The minimum absolute atomic E-state index is 0.00279. The number of likely N-dealkylation sites (N-methyl/N-ethyl adjacent to an activating group) is 2. The molecule has 0 aliphatic rings. The summed E-state index contributed by atoms with van der Waals surface area (Å²) >= 11 is 0. The predicted molar refractivity (Wildman–Crippen MR) is 167 cm³/mol. The first-order valence-corrected chi connectivity index (χ1v) is 15.6. The van der Waals surface area contributed by atoms with E-state index in [0.29, 0.717) is 0 Å². The van der Waals surface area contributed by atoms with Crippen molar-refractivity contribution in [2.24, 2.45) is 5.41 Å². The zero-order valence-electron chi connectivity index (χ0n) is 26.2. The van der Waals surface area contributed by atoms with Crippen molar-refractivity contribution in [2.75, 3.05) is 20.6 Å². The molecule has 43 heavy (non-hydrogen) atoms. The molecular weight excluding hydrogens is 566 g/mol.